The van der Waals surface area contributed by atoms with E-state index in [1.807, 2.05) is 18.2 Å². The Hall–Kier alpha value is -3.58. The molecule has 2 aromatic carbocycles. The van der Waals surface area contributed by atoms with Crippen LogP contribution in [0.3, 0.4) is 0 Å². The van der Waals surface area contributed by atoms with Crippen LogP contribution in [0.1, 0.15) is 34.8 Å². The molecule has 3 aromatic rings. The highest BCUT2D eigenvalue weighted by atomic mass is 16.5. The first-order valence-corrected chi connectivity index (χ1v) is 10.3. The second kappa shape index (κ2) is 11.0. The van der Waals surface area contributed by atoms with Gasteiger partial charge in [0.15, 0.2) is 5.76 Å². The number of amides is 2. The van der Waals surface area contributed by atoms with Crippen molar-refractivity contribution in [3.05, 3.63) is 78.3 Å². The van der Waals surface area contributed by atoms with E-state index in [4.69, 9.17) is 9.15 Å². The Morgan fingerprint density at radius 3 is 2.48 bits per heavy atom. The third kappa shape index (κ3) is 6.20. The minimum atomic E-state index is -0.380. The number of nitrogens with zero attached hydrogens (tertiary/aromatic N) is 1. The lowest BCUT2D eigenvalue weighted by atomic mass is 10.1. The first kappa shape index (κ1) is 22.1. The quantitative estimate of drug-likeness (QED) is 0.503. The van der Waals surface area contributed by atoms with Gasteiger partial charge in [0.1, 0.15) is 12.4 Å². The van der Waals surface area contributed by atoms with Gasteiger partial charge < -0.3 is 24.7 Å². The average Bonchev–Trinajstić information content (AvgIpc) is 3.33. The molecule has 1 aromatic heterocycles. The molecule has 2 amide bonds. The summed E-state index contributed by atoms with van der Waals surface area (Å²) in [4.78, 5) is 27.2. The fraction of sp³-hybridized carbons (Fsp3) is 0.250. The van der Waals surface area contributed by atoms with Crippen molar-refractivity contribution in [3.8, 4) is 5.75 Å². The molecule has 7 heteroatoms. The molecule has 1 heterocycles. The van der Waals surface area contributed by atoms with E-state index in [1.165, 1.54) is 6.26 Å². The van der Waals surface area contributed by atoms with E-state index in [0.717, 1.165) is 19.6 Å². The lowest BCUT2D eigenvalue weighted by Gasteiger charge is -2.19. The third-order valence-electron chi connectivity index (χ3n) is 4.82. The molecule has 0 saturated heterocycles. The minimum absolute atomic E-state index is 0.200. The summed E-state index contributed by atoms with van der Waals surface area (Å²) in [5.41, 5.74) is 1.50. The summed E-state index contributed by atoms with van der Waals surface area (Å²) in [6.45, 7) is 7.50. The molecule has 7 nitrogen and oxygen atoms in total. The van der Waals surface area contributed by atoms with Crippen molar-refractivity contribution in [1.82, 2.24) is 4.90 Å². The van der Waals surface area contributed by atoms with Gasteiger partial charge in [-0.1, -0.05) is 32.0 Å². The SMILES string of the molecule is CCN(CC)CCOc1ccccc1NC(=O)c1cccc(NC(=O)c2ccco2)c1. The van der Waals surface area contributed by atoms with Crippen LogP contribution in [0.5, 0.6) is 5.75 Å². The second-order valence-corrected chi connectivity index (χ2v) is 6.84. The van der Waals surface area contributed by atoms with Crippen molar-refractivity contribution in [1.29, 1.82) is 0 Å². The zero-order valence-corrected chi connectivity index (χ0v) is 17.8. The molecule has 3 rings (SSSR count). The van der Waals surface area contributed by atoms with Gasteiger partial charge in [0.25, 0.3) is 11.8 Å². The molecule has 2 N–H and O–H groups in total. The van der Waals surface area contributed by atoms with Gasteiger partial charge in [-0.05, 0) is 55.6 Å². The molecule has 0 unspecified atom stereocenters. The van der Waals surface area contributed by atoms with E-state index in [1.54, 1.807) is 42.5 Å². The summed E-state index contributed by atoms with van der Waals surface area (Å²) in [6, 6.07) is 17.3. The molecule has 0 bridgehead atoms. The molecule has 0 radical (unpaired) electrons. The van der Waals surface area contributed by atoms with Gasteiger partial charge in [-0.25, -0.2) is 0 Å². The standard InChI is InChI=1S/C24H27N3O4/c1-3-27(4-2)14-16-31-21-12-6-5-11-20(21)26-23(28)18-9-7-10-19(17-18)25-24(29)22-13-8-15-30-22/h5-13,15,17H,3-4,14,16H2,1-2H3,(H,25,29)(H,26,28). The summed E-state index contributed by atoms with van der Waals surface area (Å²) in [5, 5.41) is 5.61. The third-order valence-corrected chi connectivity index (χ3v) is 4.82. The Balaban J connectivity index is 1.64. The van der Waals surface area contributed by atoms with Crippen molar-refractivity contribution in [3.63, 3.8) is 0 Å². The van der Waals surface area contributed by atoms with Crippen LogP contribution in [0.2, 0.25) is 0 Å². The topological polar surface area (TPSA) is 83.8 Å². The molecule has 31 heavy (non-hydrogen) atoms. The summed E-state index contributed by atoms with van der Waals surface area (Å²) in [7, 11) is 0. The van der Waals surface area contributed by atoms with Gasteiger partial charge in [0, 0.05) is 17.8 Å². The van der Waals surface area contributed by atoms with E-state index in [9.17, 15) is 9.59 Å². The molecule has 0 atom stereocenters. The number of hydrogen-bond donors (Lipinski definition) is 2. The Kier molecular flexibility index (Phi) is 7.84. The van der Waals surface area contributed by atoms with Crippen LogP contribution < -0.4 is 15.4 Å². The van der Waals surface area contributed by atoms with E-state index in [-0.39, 0.29) is 17.6 Å². The summed E-state index contributed by atoms with van der Waals surface area (Å²) in [6.07, 6.45) is 1.43. The van der Waals surface area contributed by atoms with Crippen molar-refractivity contribution in [2.45, 2.75) is 13.8 Å². The van der Waals surface area contributed by atoms with Crippen molar-refractivity contribution >= 4 is 23.2 Å². The highest BCUT2D eigenvalue weighted by Gasteiger charge is 2.13. The lowest BCUT2D eigenvalue weighted by Crippen LogP contribution is -2.28. The van der Waals surface area contributed by atoms with Gasteiger partial charge >= 0.3 is 0 Å². The maximum atomic E-state index is 12.8. The van der Waals surface area contributed by atoms with Crippen LogP contribution in [0.15, 0.2) is 71.3 Å². The van der Waals surface area contributed by atoms with E-state index >= 15 is 0 Å². The Labute approximate surface area is 182 Å². The average molecular weight is 421 g/mol. The maximum Gasteiger partial charge on any atom is 0.291 e. The summed E-state index contributed by atoms with van der Waals surface area (Å²) >= 11 is 0. The van der Waals surface area contributed by atoms with Crippen molar-refractivity contribution in [2.24, 2.45) is 0 Å². The number of furan rings is 1. The molecule has 0 spiro atoms. The van der Waals surface area contributed by atoms with Crippen molar-refractivity contribution in [2.75, 3.05) is 36.9 Å². The normalized spacial score (nSPS) is 10.7. The number of benzene rings is 2. The number of hydrogen-bond acceptors (Lipinski definition) is 5. The molecule has 162 valence electrons. The fourth-order valence-corrected chi connectivity index (χ4v) is 3.05. The smallest absolute Gasteiger partial charge is 0.291 e. The zero-order valence-electron chi connectivity index (χ0n) is 17.8. The van der Waals surface area contributed by atoms with Gasteiger partial charge in [-0.15, -0.1) is 0 Å². The molecule has 0 saturated carbocycles. The molecular formula is C24H27N3O4. The number of ether oxygens (including phenoxy) is 1. The molecule has 0 aliphatic carbocycles. The van der Waals surface area contributed by atoms with Gasteiger partial charge in [0.2, 0.25) is 0 Å². The van der Waals surface area contributed by atoms with E-state index < -0.39 is 0 Å². The summed E-state index contributed by atoms with van der Waals surface area (Å²) in [5.74, 6) is 0.138. The number of anilines is 2. The fourth-order valence-electron chi connectivity index (χ4n) is 3.05. The molecule has 0 aliphatic heterocycles. The van der Waals surface area contributed by atoms with Crippen LogP contribution in [-0.4, -0.2) is 43.0 Å². The van der Waals surface area contributed by atoms with Crippen molar-refractivity contribution < 1.29 is 18.7 Å². The van der Waals surface area contributed by atoms with Crippen LogP contribution in [0.25, 0.3) is 0 Å². The van der Waals surface area contributed by atoms with Gasteiger partial charge in [-0.3, -0.25) is 9.59 Å². The van der Waals surface area contributed by atoms with Crippen LogP contribution >= 0.6 is 0 Å². The first-order valence-electron chi connectivity index (χ1n) is 10.3. The van der Waals surface area contributed by atoms with Crippen LogP contribution in [0, 0.1) is 0 Å². The number of carbonyl (C=O) groups is 2. The number of nitrogens with one attached hydrogen (secondary N) is 2. The zero-order chi connectivity index (χ0) is 22.1. The number of para-hydroxylation sites is 2. The predicted molar refractivity (Wildman–Crippen MR) is 121 cm³/mol. The van der Waals surface area contributed by atoms with Crippen LogP contribution in [-0.2, 0) is 0 Å². The maximum absolute atomic E-state index is 12.8. The van der Waals surface area contributed by atoms with Gasteiger partial charge in [-0.2, -0.15) is 0 Å². The summed E-state index contributed by atoms with van der Waals surface area (Å²) < 4.78 is 11.0. The lowest BCUT2D eigenvalue weighted by molar-refractivity contribution is 0.0993. The second-order valence-electron chi connectivity index (χ2n) is 6.84. The monoisotopic (exact) mass is 421 g/mol. The highest BCUT2D eigenvalue weighted by molar-refractivity contribution is 6.07. The van der Waals surface area contributed by atoms with Gasteiger partial charge in [0.05, 0.1) is 12.0 Å². The Bertz CT molecular complexity index is 998. The minimum Gasteiger partial charge on any atom is -0.490 e. The number of carbonyl (C=O) groups excluding carboxylic acids is 2. The number of rotatable bonds is 10. The largest absolute Gasteiger partial charge is 0.490 e. The number of likely N-dealkylation sites (N-methyl/N-ethyl adjacent to an activating group) is 1. The Morgan fingerprint density at radius 1 is 0.935 bits per heavy atom. The van der Waals surface area contributed by atoms with E-state index in [2.05, 4.69) is 29.4 Å². The van der Waals surface area contributed by atoms with E-state index in [0.29, 0.717) is 29.3 Å². The Morgan fingerprint density at radius 2 is 1.74 bits per heavy atom. The highest BCUT2D eigenvalue weighted by Crippen LogP contribution is 2.25. The molecular weight excluding hydrogens is 394 g/mol. The molecule has 0 fully saturated rings. The molecule has 0 aliphatic rings. The first-order chi connectivity index (χ1) is 15.1. The predicted octanol–water partition coefficient (Wildman–Crippen LogP) is 4.50. The van der Waals surface area contributed by atoms with Crippen LogP contribution in [0.4, 0.5) is 11.4 Å².